The maximum Gasteiger partial charge on any atom is 0.251 e. The number of hydrogen-bond acceptors (Lipinski definition) is 4. The maximum absolute atomic E-state index is 12.5. The predicted molar refractivity (Wildman–Crippen MR) is 93.2 cm³/mol. The Hall–Kier alpha value is -2.69. The van der Waals surface area contributed by atoms with Crippen LogP contribution in [0.15, 0.2) is 36.4 Å². The van der Waals surface area contributed by atoms with E-state index in [2.05, 4.69) is 5.32 Å². The molecule has 0 bridgehead atoms. The van der Waals surface area contributed by atoms with Gasteiger partial charge in [0.05, 0.1) is 27.4 Å². The van der Waals surface area contributed by atoms with Crippen molar-refractivity contribution in [3.05, 3.63) is 53.1 Å². The highest BCUT2D eigenvalue weighted by atomic mass is 16.5. The molecule has 5 nitrogen and oxygen atoms in total. The molecule has 0 spiro atoms. The summed E-state index contributed by atoms with van der Waals surface area (Å²) in [5.41, 5.74) is 2.38. The largest absolute Gasteiger partial charge is 0.497 e. The van der Waals surface area contributed by atoms with E-state index in [0.29, 0.717) is 22.8 Å². The smallest absolute Gasteiger partial charge is 0.251 e. The van der Waals surface area contributed by atoms with Crippen molar-refractivity contribution in [1.29, 1.82) is 0 Å². The van der Waals surface area contributed by atoms with Crippen molar-refractivity contribution in [2.75, 3.05) is 21.3 Å². The first-order chi connectivity index (χ1) is 11.5. The Morgan fingerprint density at radius 2 is 1.67 bits per heavy atom. The molecular formula is C19H23NO4. The Morgan fingerprint density at radius 3 is 2.29 bits per heavy atom. The van der Waals surface area contributed by atoms with Crippen molar-refractivity contribution in [2.24, 2.45) is 0 Å². The molecule has 2 aromatic carbocycles. The van der Waals surface area contributed by atoms with Crippen molar-refractivity contribution < 1.29 is 19.0 Å². The Labute approximate surface area is 142 Å². The van der Waals surface area contributed by atoms with Gasteiger partial charge < -0.3 is 19.5 Å². The molecule has 0 aliphatic heterocycles. The average molecular weight is 329 g/mol. The third-order valence-electron chi connectivity index (χ3n) is 3.92. The van der Waals surface area contributed by atoms with Gasteiger partial charge in [-0.25, -0.2) is 0 Å². The monoisotopic (exact) mass is 329 g/mol. The quantitative estimate of drug-likeness (QED) is 0.881. The molecule has 2 rings (SSSR count). The zero-order chi connectivity index (χ0) is 17.7. The number of carbonyl (C=O) groups excluding carboxylic acids is 1. The molecule has 2 aromatic rings. The van der Waals surface area contributed by atoms with Gasteiger partial charge in [0.1, 0.15) is 17.2 Å². The molecule has 1 amide bonds. The molecule has 5 heteroatoms. The first-order valence-corrected chi connectivity index (χ1v) is 7.67. The Morgan fingerprint density at radius 1 is 0.958 bits per heavy atom. The topological polar surface area (TPSA) is 56.8 Å². The summed E-state index contributed by atoms with van der Waals surface area (Å²) in [7, 11) is 4.80. The molecular weight excluding hydrogens is 306 g/mol. The van der Waals surface area contributed by atoms with E-state index in [-0.39, 0.29) is 11.9 Å². The summed E-state index contributed by atoms with van der Waals surface area (Å²) in [4.78, 5) is 12.5. The zero-order valence-electron chi connectivity index (χ0n) is 14.7. The third-order valence-corrected chi connectivity index (χ3v) is 3.92. The number of ether oxygens (including phenoxy) is 3. The van der Waals surface area contributed by atoms with Gasteiger partial charge in [-0.2, -0.15) is 0 Å². The standard InChI is InChI=1S/C19H23NO4/c1-12-6-7-14(10-18(12)24-5)19(21)20-13(2)16-11-15(22-3)8-9-17(16)23-4/h6-11,13H,1-5H3,(H,20,21)/t13-/m1/s1. The predicted octanol–water partition coefficient (Wildman–Crippen LogP) is 3.51. The fraction of sp³-hybridized carbons (Fsp3) is 0.316. The van der Waals surface area contributed by atoms with Crippen LogP contribution in [0.4, 0.5) is 0 Å². The summed E-state index contributed by atoms with van der Waals surface area (Å²) in [5.74, 6) is 1.92. The molecule has 0 heterocycles. The Kier molecular flexibility index (Phi) is 5.68. The number of rotatable bonds is 6. The lowest BCUT2D eigenvalue weighted by Gasteiger charge is -2.18. The second-order valence-corrected chi connectivity index (χ2v) is 5.49. The highest BCUT2D eigenvalue weighted by molar-refractivity contribution is 5.95. The Balaban J connectivity index is 2.23. The van der Waals surface area contributed by atoms with Gasteiger partial charge in [-0.3, -0.25) is 4.79 Å². The molecule has 0 unspecified atom stereocenters. The van der Waals surface area contributed by atoms with E-state index in [1.165, 1.54) is 0 Å². The minimum Gasteiger partial charge on any atom is -0.497 e. The normalized spacial score (nSPS) is 11.5. The SMILES string of the molecule is COc1ccc(OC)c([C@@H](C)NC(=O)c2ccc(C)c(OC)c2)c1. The highest BCUT2D eigenvalue weighted by Crippen LogP contribution is 2.29. The van der Waals surface area contributed by atoms with E-state index in [1.54, 1.807) is 33.5 Å². The zero-order valence-corrected chi connectivity index (χ0v) is 14.7. The van der Waals surface area contributed by atoms with Crippen LogP contribution < -0.4 is 19.5 Å². The van der Waals surface area contributed by atoms with E-state index in [0.717, 1.165) is 11.1 Å². The van der Waals surface area contributed by atoms with Gasteiger partial charge in [0.2, 0.25) is 0 Å². The number of amides is 1. The minimum absolute atomic E-state index is 0.175. The molecule has 0 radical (unpaired) electrons. The first kappa shape index (κ1) is 17.7. The van der Waals surface area contributed by atoms with Crippen molar-refractivity contribution in [3.8, 4) is 17.2 Å². The van der Waals surface area contributed by atoms with Crippen LogP contribution in [0.25, 0.3) is 0 Å². The number of carbonyl (C=O) groups is 1. The van der Waals surface area contributed by atoms with Crippen molar-refractivity contribution in [2.45, 2.75) is 19.9 Å². The average Bonchev–Trinajstić information content (AvgIpc) is 2.61. The van der Waals surface area contributed by atoms with Crippen LogP contribution in [-0.2, 0) is 0 Å². The van der Waals surface area contributed by atoms with Crippen LogP contribution in [0.1, 0.15) is 34.5 Å². The van der Waals surface area contributed by atoms with Crippen LogP contribution in [0.2, 0.25) is 0 Å². The number of aryl methyl sites for hydroxylation is 1. The van der Waals surface area contributed by atoms with E-state index >= 15 is 0 Å². The maximum atomic E-state index is 12.5. The minimum atomic E-state index is -0.241. The van der Waals surface area contributed by atoms with E-state index in [9.17, 15) is 4.79 Å². The summed E-state index contributed by atoms with van der Waals surface area (Å²) in [6.45, 7) is 3.84. The first-order valence-electron chi connectivity index (χ1n) is 7.67. The van der Waals surface area contributed by atoms with E-state index in [1.807, 2.05) is 38.1 Å². The van der Waals surface area contributed by atoms with Gasteiger partial charge in [-0.1, -0.05) is 6.07 Å². The number of benzene rings is 2. The molecule has 0 saturated carbocycles. The lowest BCUT2D eigenvalue weighted by atomic mass is 10.1. The fourth-order valence-electron chi connectivity index (χ4n) is 2.50. The van der Waals surface area contributed by atoms with Gasteiger partial charge in [0.25, 0.3) is 5.91 Å². The molecule has 0 saturated heterocycles. The fourth-order valence-corrected chi connectivity index (χ4v) is 2.50. The summed E-state index contributed by atoms with van der Waals surface area (Å²) in [6, 6.07) is 10.6. The Bertz CT molecular complexity index is 727. The summed E-state index contributed by atoms with van der Waals surface area (Å²) in [6.07, 6.45) is 0. The molecule has 1 atom stereocenters. The molecule has 24 heavy (non-hydrogen) atoms. The van der Waals surface area contributed by atoms with Gasteiger partial charge in [0.15, 0.2) is 0 Å². The van der Waals surface area contributed by atoms with E-state index in [4.69, 9.17) is 14.2 Å². The number of hydrogen-bond donors (Lipinski definition) is 1. The molecule has 128 valence electrons. The number of methoxy groups -OCH3 is 3. The lowest BCUT2D eigenvalue weighted by Crippen LogP contribution is -2.27. The molecule has 1 N–H and O–H groups in total. The second kappa shape index (κ2) is 7.73. The molecule has 0 aromatic heterocycles. The van der Waals surface area contributed by atoms with Crippen molar-refractivity contribution in [1.82, 2.24) is 5.32 Å². The van der Waals surface area contributed by atoms with Crippen molar-refractivity contribution in [3.63, 3.8) is 0 Å². The summed E-state index contributed by atoms with van der Waals surface area (Å²) in [5, 5.41) is 2.98. The van der Waals surface area contributed by atoms with Gasteiger partial charge in [-0.05, 0) is 49.7 Å². The number of nitrogens with one attached hydrogen (secondary N) is 1. The second-order valence-electron chi connectivity index (χ2n) is 5.49. The van der Waals surface area contributed by atoms with E-state index < -0.39 is 0 Å². The third kappa shape index (κ3) is 3.79. The van der Waals surface area contributed by atoms with Crippen LogP contribution in [0.3, 0.4) is 0 Å². The lowest BCUT2D eigenvalue weighted by molar-refractivity contribution is 0.0939. The molecule has 0 fully saturated rings. The van der Waals surface area contributed by atoms with Gasteiger partial charge >= 0.3 is 0 Å². The van der Waals surface area contributed by atoms with Crippen LogP contribution in [-0.4, -0.2) is 27.2 Å². The summed E-state index contributed by atoms with van der Waals surface area (Å²) < 4.78 is 15.9. The van der Waals surface area contributed by atoms with Gasteiger partial charge in [0, 0.05) is 11.1 Å². The van der Waals surface area contributed by atoms with Crippen LogP contribution >= 0.6 is 0 Å². The van der Waals surface area contributed by atoms with Gasteiger partial charge in [-0.15, -0.1) is 0 Å². The molecule has 0 aliphatic rings. The highest BCUT2D eigenvalue weighted by Gasteiger charge is 2.17. The van der Waals surface area contributed by atoms with Crippen molar-refractivity contribution >= 4 is 5.91 Å². The van der Waals surface area contributed by atoms with Crippen LogP contribution in [0.5, 0.6) is 17.2 Å². The summed E-state index contributed by atoms with van der Waals surface area (Å²) >= 11 is 0. The van der Waals surface area contributed by atoms with Crippen LogP contribution in [0, 0.1) is 6.92 Å². The molecule has 0 aliphatic carbocycles.